The van der Waals surface area contributed by atoms with Gasteiger partial charge >= 0.3 is 0 Å². The highest BCUT2D eigenvalue weighted by Crippen LogP contribution is 2.20. The fraction of sp³-hybridized carbons (Fsp3) is 0.0476. The summed E-state index contributed by atoms with van der Waals surface area (Å²) in [5, 5.41) is 5.07. The van der Waals surface area contributed by atoms with Gasteiger partial charge in [-0.2, -0.15) is 0 Å². The molecule has 0 aliphatic heterocycles. The Labute approximate surface area is 184 Å². The van der Waals surface area contributed by atoms with Crippen molar-refractivity contribution in [3.63, 3.8) is 0 Å². The van der Waals surface area contributed by atoms with Crippen LogP contribution in [0.5, 0.6) is 5.75 Å². The lowest BCUT2D eigenvalue weighted by atomic mass is 10.2. The zero-order valence-electron chi connectivity index (χ0n) is 16.3. The van der Waals surface area contributed by atoms with Gasteiger partial charge in [0.05, 0.1) is 17.6 Å². The van der Waals surface area contributed by atoms with Crippen molar-refractivity contribution in [2.75, 3.05) is 17.1 Å². The third-order valence-electron chi connectivity index (χ3n) is 4.11. The first-order valence-electron chi connectivity index (χ1n) is 8.92. The second-order valence-corrected chi connectivity index (χ2v) is 8.34. The van der Waals surface area contributed by atoms with Crippen LogP contribution in [-0.4, -0.2) is 26.5 Å². The van der Waals surface area contributed by atoms with E-state index < -0.39 is 21.7 Å². The van der Waals surface area contributed by atoms with Gasteiger partial charge in [0.25, 0.3) is 15.9 Å². The van der Waals surface area contributed by atoms with Crippen molar-refractivity contribution in [1.29, 1.82) is 0 Å². The number of methoxy groups -OCH3 is 1. The Morgan fingerprint density at radius 1 is 0.935 bits per heavy atom. The zero-order valence-corrected chi connectivity index (χ0v) is 17.9. The summed E-state index contributed by atoms with van der Waals surface area (Å²) >= 11 is 5.06. The molecule has 0 saturated heterocycles. The Balaban J connectivity index is 1.63. The lowest BCUT2D eigenvalue weighted by molar-refractivity contribution is 0.0974. The van der Waals surface area contributed by atoms with Crippen molar-refractivity contribution in [2.24, 2.45) is 0 Å². The van der Waals surface area contributed by atoms with Crippen LogP contribution in [0.2, 0.25) is 0 Å². The van der Waals surface area contributed by atoms with Crippen LogP contribution in [0.1, 0.15) is 10.4 Å². The van der Waals surface area contributed by atoms with E-state index in [-0.39, 0.29) is 15.6 Å². The molecule has 0 aliphatic carbocycles. The number of nitrogens with one attached hydrogen (secondary N) is 3. The maximum atomic E-state index is 13.7. The van der Waals surface area contributed by atoms with E-state index in [2.05, 4.69) is 15.4 Å². The van der Waals surface area contributed by atoms with Crippen LogP contribution >= 0.6 is 12.2 Å². The van der Waals surface area contributed by atoms with E-state index >= 15 is 0 Å². The van der Waals surface area contributed by atoms with E-state index in [1.807, 2.05) is 0 Å². The maximum absolute atomic E-state index is 13.7. The molecule has 1 amide bonds. The van der Waals surface area contributed by atoms with E-state index in [0.717, 1.165) is 0 Å². The van der Waals surface area contributed by atoms with Crippen LogP contribution in [0, 0.1) is 5.82 Å². The molecule has 3 aromatic carbocycles. The highest BCUT2D eigenvalue weighted by atomic mass is 32.2. The first-order chi connectivity index (χ1) is 14.8. The van der Waals surface area contributed by atoms with E-state index in [1.165, 1.54) is 55.6 Å². The number of thiocarbonyl (C=S) groups is 1. The summed E-state index contributed by atoms with van der Waals surface area (Å²) in [6.45, 7) is 0. The van der Waals surface area contributed by atoms with E-state index in [9.17, 15) is 17.6 Å². The first-order valence-corrected chi connectivity index (χ1v) is 10.8. The molecule has 160 valence electrons. The van der Waals surface area contributed by atoms with Gasteiger partial charge in [-0.15, -0.1) is 0 Å². The van der Waals surface area contributed by atoms with Gasteiger partial charge < -0.3 is 10.1 Å². The van der Waals surface area contributed by atoms with Gasteiger partial charge in [-0.1, -0.05) is 12.1 Å². The maximum Gasteiger partial charge on any atom is 0.261 e. The number of amides is 1. The van der Waals surface area contributed by atoms with Gasteiger partial charge in [0, 0.05) is 11.4 Å². The topological polar surface area (TPSA) is 96.5 Å². The Hall–Kier alpha value is -3.50. The Kier molecular flexibility index (Phi) is 6.83. The Morgan fingerprint density at radius 3 is 2.16 bits per heavy atom. The Bertz CT molecular complexity index is 1200. The summed E-state index contributed by atoms with van der Waals surface area (Å²) in [5.74, 6) is -0.753. The standard InChI is InChI=1S/C21H18FN3O4S2/c1-29-16-10-6-15(7-11-16)25-31(27,28)17-12-8-14(9-13-17)23-21(30)24-20(26)18-4-2-3-5-19(18)22/h2-13,25H,1H3,(H2,23,24,26,30). The summed E-state index contributed by atoms with van der Waals surface area (Å²) in [7, 11) is -2.28. The molecule has 0 aliphatic rings. The molecule has 0 radical (unpaired) electrons. The number of carbonyl (C=O) groups is 1. The molecule has 31 heavy (non-hydrogen) atoms. The number of carbonyl (C=O) groups excluding carboxylic acids is 1. The summed E-state index contributed by atoms with van der Waals surface area (Å²) in [6.07, 6.45) is 0. The van der Waals surface area contributed by atoms with Crippen LogP contribution in [0.15, 0.2) is 77.7 Å². The van der Waals surface area contributed by atoms with Crippen molar-refractivity contribution in [3.8, 4) is 5.75 Å². The molecular weight excluding hydrogens is 441 g/mol. The second-order valence-electron chi connectivity index (χ2n) is 6.25. The molecule has 0 spiro atoms. The van der Waals surface area contributed by atoms with Crippen molar-refractivity contribution >= 4 is 44.6 Å². The average Bonchev–Trinajstić information content (AvgIpc) is 2.74. The van der Waals surface area contributed by atoms with Crippen LogP contribution in [0.3, 0.4) is 0 Å². The molecule has 0 atom stereocenters. The van der Waals surface area contributed by atoms with Gasteiger partial charge in [0.15, 0.2) is 5.11 Å². The van der Waals surface area contributed by atoms with Crippen molar-refractivity contribution in [3.05, 3.63) is 84.2 Å². The number of hydrogen-bond donors (Lipinski definition) is 3. The molecule has 10 heteroatoms. The van der Waals surface area contributed by atoms with E-state index in [4.69, 9.17) is 17.0 Å². The SMILES string of the molecule is COc1ccc(NS(=O)(=O)c2ccc(NC(=S)NC(=O)c3ccccc3F)cc2)cc1. The van der Waals surface area contributed by atoms with E-state index in [0.29, 0.717) is 17.1 Å². The summed E-state index contributed by atoms with van der Waals surface area (Å²) in [6, 6.07) is 17.7. The molecule has 0 saturated carbocycles. The number of hydrogen-bond acceptors (Lipinski definition) is 5. The van der Waals surface area contributed by atoms with Crippen molar-refractivity contribution in [1.82, 2.24) is 5.32 Å². The fourth-order valence-electron chi connectivity index (χ4n) is 2.57. The predicted molar refractivity (Wildman–Crippen MR) is 120 cm³/mol. The summed E-state index contributed by atoms with van der Waals surface area (Å²) in [5.41, 5.74) is 0.694. The highest BCUT2D eigenvalue weighted by molar-refractivity contribution is 7.92. The normalized spacial score (nSPS) is 10.8. The summed E-state index contributed by atoms with van der Waals surface area (Å²) in [4.78, 5) is 12.1. The number of anilines is 2. The van der Waals surface area contributed by atoms with Gasteiger partial charge in [0.2, 0.25) is 0 Å². The van der Waals surface area contributed by atoms with Crippen molar-refractivity contribution in [2.45, 2.75) is 4.90 Å². The van der Waals surface area contributed by atoms with Crippen LogP contribution in [0.25, 0.3) is 0 Å². The number of rotatable bonds is 6. The van der Waals surface area contributed by atoms with Crippen molar-refractivity contribution < 1.29 is 22.3 Å². The number of ether oxygens (including phenoxy) is 1. The molecular formula is C21H18FN3O4S2. The van der Waals surface area contributed by atoms with Crippen LogP contribution < -0.4 is 20.1 Å². The lowest BCUT2D eigenvalue weighted by Crippen LogP contribution is -2.34. The molecule has 7 nitrogen and oxygen atoms in total. The molecule has 3 N–H and O–H groups in total. The quantitative estimate of drug-likeness (QED) is 0.486. The average molecular weight is 460 g/mol. The third kappa shape index (κ3) is 5.77. The van der Waals surface area contributed by atoms with Gasteiger partial charge in [0.1, 0.15) is 11.6 Å². The largest absolute Gasteiger partial charge is 0.497 e. The number of halogens is 1. The first kappa shape index (κ1) is 22.2. The van der Waals surface area contributed by atoms with Gasteiger partial charge in [-0.25, -0.2) is 12.8 Å². The summed E-state index contributed by atoms with van der Waals surface area (Å²) < 4.78 is 46.3. The van der Waals surface area contributed by atoms with E-state index in [1.54, 1.807) is 24.3 Å². The monoisotopic (exact) mass is 459 g/mol. The lowest BCUT2D eigenvalue weighted by Gasteiger charge is -2.12. The van der Waals surface area contributed by atoms with Crippen LogP contribution in [-0.2, 0) is 10.0 Å². The number of benzene rings is 3. The van der Waals surface area contributed by atoms with Gasteiger partial charge in [-0.05, 0) is 72.9 Å². The molecule has 0 heterocycles. The second kappa shape index (κ2) is 9.54. The third-order valence-corrected chi connectivity index (χ3v) is 5.71. The molecule has 3 rings (SSSR count). The number of sulfonamides is 1. The Morgan fingerprint density at radius 2 is 1.55 bits per heavy atom. The highest BCUT2D eigenvalue weighted by Gasteiger charge is 2.15. The minimum atomic E-state index is -3.80. The zero-order chi connectivity index (χ0) is 22.4. The molecule has 3 aromatic rings. The van der Waals surface area contributed by atoms with Crippen LogP contribution in [0.4, 0.5) is 15.8 Å². The smallest absolute Gasteiger partial charge is 0.261 e. The molecule has 0 fully saturated rings. The fourth-order valence-corrected chi connectivity index (χ4v) is 3.84. The molecule has 0 unspecified atom stereocenters. The molecule has 0 aromatic heterocycles. The predicted octanol–water partition coefficient (Wildman–Crippen LogP) is 3.76. The minimum absolute atomic E-state index is 0.0372. The minimum Gasteiger partial charge on any atom is -0.497 e. The van der Waals surface area contributed by atoms with Gasteiger partial charge in [-0.3, -0.25) is 14.8 Å². The molecule has 0 bridgehead atoms.